The van der Waals surface area contributed by atoms with Gasteiger partial charge < -0.3 is 14.7 Å². The molecular formula is C22H21N3O2. The van der Waals surface area contributed by atoms with Crippen LogP contribution >= 0.6 is 0 Å². The largest absolute Gasteiger partial charge is 0.467 e. The van der Waals surface area contributed by atoms with Crippen molar-refractivity contribution in [1.29, 1.82) is 0 Å². The summed E-state index contributed by atoms with van der Waals surface area (Å²) in [5, 5.41) is 4.08. The highest BCUT2D eigenvalue weighted by molar-refractivity contribution is 5.90. The van der Waals surface area contributed by atoms with E-state index in [-0.39, 0.29) is 5.91 Å². The number of furan rings is 1. The number of aryl methyl sites for hydroxylation is 1. The molecule has 0 aliphatic carbocycles. The minimum Gasteiger partial charge on any atom is -0.467 e. The molecule has 0 saturated heterocycles. The molecule has 136 valence electrons. The van der Waals surface area contributed by atoms with Crippen LogP contribution in [0.4, 0.5) is 0 Å². The predicted molar refractivity (Wildman–Crippen MR) is 105 cm³/mol. The van der Waals surface area contributed by atoms with Crippen LogP contribution in [-0.4, -0.2) is 15.9 Å². The van der Waals surface area contributed by atoms with Crippen LogP contribution in [0.5, 0.6) is 0 Å². The van der Waals surface area contributed by atoms with Gasteiger partial charge in [0.05, 0.1) is 24.2 Å². The zero-order chi connectivity index (χ0) is 18.5. The van der Waals surface area contributed by atoms with E-state index in [4.69, 9.17) is 4.42 Å². The lowest BCUT2D eigenvalue weighted by Crippen LogP contribution is -2.22. The maximum atomic E-state index is 12.1. The molecule has 1 aromatic carbocycles. The van der Waals surface area contributed by atoms with Crippen LogP contribution in [0.3, 0.4) is 0 Å². The van der Waals surface area contributed by atoms with E-state index >= 15 is 0 Å². The standard InChI is InChI=1S/C22H21N3O2/c26-21(24-15-16-7-6-14-27-16)12-5-9-18-17-8-1-2-10-19(17)25-22(18)20-11-3-4-13-23-20/h1-4,6-8,10-11,13-14,25H,5,9,12,15H2,(H,24,26). The molecule has 0 radical (unpaired) electrons. The van der Waals surface area contributed by atoms with Gasteiger partial charge in [-0.05, 0) is 48.7 Å². The van der Waals surface area contributed by atoms with Crippen LogP contribution in [0.1, 0.15) is 24.2 Å². The van der Waals surface area contributed by atoms with Gasteiger partial charge in [0.1, 0.15) is 5.76 Å². The number of rotatable bonds is 7. The number of hydrogen-bond donors (Lipinski definition) is 2. The second-order valence-corrected chi connectivity index (χ2v) is 6.45. The van der Waals surface area contributed by atoms with Gasteiger partial charge in [-0.3, -0.25) is 9.78 Å². The Morgan fingerprint density at radius 1 is 1.07 bits per heavy atom. The van der Waals surface area contributed by atoms with Crippen LogP contribution in [0.2, 0.25) is 0 Å². The SMILES string of the molecule is O=C(CCCc1c(-c2ccccn2)[nH]c2ccccc12)NCc1ccco1. The molecule has 0 bridgehead atoms. The molecule has 0 fully saturated rings. The van der Waals surface area contributed by atoms with Crippen molar-refractivity contribution in [3.8, 4) is 11.4 Å². The molecular weight excluding hydrogens is 338 g/mol. The molecule has 0 atom stereocenters. The van der Waals surface area contributed by atoms with E-state index in [0.29, 0.717) is 13.0 Å². The Labute approximate surface area is 157 Å². The number of aromatic amines is 1. The molecule has 0 spiro atoms. The number of nitrogens with zero attached hydrogens (tertiary/aromatic N) is 1. The van der Waals surface area contributed by atoms with E-state index in [1.807, 2.05) is 42.5 Å². The minimum atomic E-state index is 0.0330. The first-order chi connectivity index (χ1) is 13.3. The van der Waals surface area contributed by atoms with Gasteiger partial charge in [-0.25, -0.2) is 0 Å². The molecule has 3 aromatic heterocycles. The number of carbonyl (C=O) groups is 1. The average molecular weight is 359 g/mol. The maximum Gasteiger partial charge on any atom is 0.220 e. The number of para-hydroxylation sites is 1. The summed E-state index contributed by atoms with van der Waals surface area (Å²) >= 11 is 0. The number of aromatic nitrogens is 2. The highest BCUT2D eigenvalue weighted by Crippen LogP contribution is 2.30. The Bertz CT molecular complexity index is 1020. The number of hydrogen-bond acceptors (Lipinski definition) is 3. The number of pyridine rings is 1. The van der Waals surface area contributed by atoms with Gasteiger partial charge in [0.15, 0.2) is 0 Å². The van der Waals surface area contributed by atoms with E-state index in [0.717, 1.165) is 35.5 Å². The maximum absolute atomic E-state index is 12.1. The summed E-state index contributed by atoms with van der Waals surface area (Å²) in [7, 11) is 0. The van der Waals surface area contributed by atoms with Gasteiger partial charge in [-0.2, -0.15) is 0 Å². The lowest BCUT2D eigenvalue weighted by molar-refractivity contribution is -0.121. The van der Waals surface area contributed by atoms with Crippen LogP contribution in [0.15, 0.2) is 71.5 Å². The summed E-state index contributed by atoms with van der Waals surface area (Å²) in [6.45, 7) is 0.429. The molecule has 0 aliphatic heterocycles. The number of H-pyrrole nitrogens is 1. The van der Waals surface area contributed by atoms with Crippen molar-refractivity contribution in [2.45, 2.75) is 25.8 Å². The Hall–Kier alpha value is -3.34. The fraction of sp³-hybridized carbons (Fsp3) is 0.182. The van der Waals surface area contributed by atoms with Crippen molar-refractivity contribution in [2.75, 3.05) is 0 Å². The van der Waals surface area contributed by atoms with E-state index in [1.165, 1.54) is 10.9 Å². The Morgan fingerprint density at radius 2 is 1.96 bits per heavy atom. The molecule has 0 saturated carbocycles. The summed E-state index contributed by atoms with van der Waals surface area (Å²) in [4.78, 5) is 20.1. The summed E-state index contributed by atoms with van der Waals surface area (Å²) in [6, 6.07) is 17.8. The number of amides is 1. The van der Waals surface area contributed by atoms with Crippen molar-refractivity contribution in [1.82, 2.24) is 15.3 Å². The van der Waals surface area contributed by atoms with Crippen LogP contribution in [0, 0.1) is 0 Å². The summed E-state index contributed by atoms with van der Waals surface area (Å²) < 4.78 is 5.23. The fourth-order valence-electron chi connectivity index (χ4n) is 3.30. The summed E-state index contributed by atoms with van der Waals surface area (Å²) in [5.74, 6) is 0.794. The van der Waals surface area contributed by atoms with E-state index in [9.17, 15) is 4.79 Å². The molecule has 0 unspecified atom stereocenters. The summed E-state index contributed by atoms with van der Waals surface area (Å²) in [5.41, 5.74) is 4.26. The third kappa shape index (κ3) is 3.92. The van der Waals surface area contributed by atoms with Crippen molar-refractivity contribution in [3.05, 3.63) is 78.4 Å². The van der Waals surface area contributed by atoms with Crippen molar-refractivity contribution < 1.29 is 9.21 Å². The van der Waals surface area contributed by atoms with Gasteiger partial charge in [-0.1, -0.05) is 24.3 Å². The Balaban J connectivity index is 1.46. The molecule has 4 rings (SSSR count). The smallest absolute Gasteiger partial charge is 0.220 e. The highest BCUT2D eigenvalue weighted by Gasteiger charge is 2.14. The molecule has 0 aliphatic rings. The number of benzene rings is 1. The molecule has 1 amide bonds. The van der Waals surface area contributed by atoms with Crippen molar-refractivity contribution >= 4 is 16.8 Å². The number of fused-ring (bicyclic) bond motifs is 1. The first kappa shape index (κ1) is 17.1. The molecule has 5 nitrogen and oxygen atoms in total. The lowest BCUT2D eigenvalue weighted by atomic mass is 10.0. The fourth-order valence-corrected chi connectivity index (χ4v) is 3.30. The van der Waals surface area contributed by atoms with Crippen LogP contribution in [-0.2, 0) is 17.8 Å². The second kappa shape index (κ2) is 7.91. The van der Waals surface area contributed by atoms with Gasteiger partial charge in [-0.15, -0.1) is 0 Å². The van der Waals surface area contributed by atoms with Gasteiger partial charge in [0.2, 0.25) is 5.91 Å². The van der Waals surface area contributed by atoms with Gasteiger partial charge in [0.25, 0.3) is 0 Å². The average Bonchev–Trinajstić information content (AvgIpc) is 3.35. The van der Waals surface area contributed by atoms with Crippen LogP contribution < -0.4 is 5.32 Å². The minimum absolute atomic E-state index is 0.0330. The number of carbonyl (C=O) groups excluding carboxylic acids is 1. The zero-order valence-electron chi connectivity index (χ0n) is 14.9. The second-order valence-electron chi connectivity index (χ2n) is 6.45. The summed E-state index contributed by atoms with van der Waals surface area (Å²) in [6.07, 6.45) is 5.46. The number of nitrogens with one attached hydrogen (secondary N) is 2. The molecule has 4 aromatic rings. The van der Waals surface area contributed by atoms with Crippen molar-refractivity contribution in [2.24, 2.45) is 0 Å². The van der Waals surface area contributed by atoms with Crippen LogP contribution in [0.25, 0.3) is 22.3 Å². The Morgan fingerprint density at radius 3 is 2.78 bits per heavy atom. The van der Waals surface area contributed by atoms with Crippen molar-refractivity contribution in [3.63, 3.8) is 0 Å². The third-order valence-electron chi connectivity index (χ3n) is 4.61. The van der Waals surface area contributed by atoms with E-state index in [2.05, 4.69) is 27.4 Å². The highest BCUT2D eigenvalue weighted by atomic mass is 16.3. The first-order valence-corrected chi connectivity index (χ1v) is 9.11. The topological polar surface area (TPSA) is 70.9 Å². The quantitative estimate of drug-likeness (QED) is 0.512. The third-order valence-corrected chi connectivity index (χ3v) is 4.61. The normalized spacial score (nSPS) is 11.0. The molecule has 2 N–H and O–H groups in total. The molecule has 5 heteroatoms. The first-order valence-electron chi connectivity index (χ1n) is 9.11. The molecule has 3 heterocycles. The molecule has 27 heavy (non-hydrogen) atoms. The van der Waals surface area contributed by atoms with E-state index < -0.39 is 0 Å². The van der Waals surface area contributed by atoms with Gasteiger partial charge >= 0.3 is 0 Å². The zero-order valence-corrected chi connectivity index (χ0v) is 14.9. The van der Waals surface area contributed by atoms with Gasteiger partial charge in [0, 0.05) is 23.5 Å². The predicted octanol–water partition coefficient (Wildman–Crippen LogP) is 4.46. The van der Waals surface area contributed by atoms with E-state index in [1.54, 1.807) is 12.5 Å². The Kier molecular flexibility index (Phi) is 5.01. The monoisotopic (exact) mass is 359 g/mol. The lowest BCUT2D eigenvalue weighted by Gasteiger charge is -2.06.